The highest BCUT2D eigenvalue weighted by molar-refractivity contribution is 7.99. The summed E-state index contributed by atoms with van der Waals surface area (Å²) in [5.41, 5.74) is 1.22. The molecular weight excluding hydrogens is 366 g/mol. The quantitative estimate of drug-likeness (QED) is 0.537. The van der Waals surface area contributed by atoms with Crippen molar-refractivity contribution in [2.24, 2.45) is 0 Å². The van der Waals surface area contributed by atoms with Crippen LogP contribution in [0.2, 0.25) is 0 Å². The van der Waals surface area contributed by atoms with Crippen molar-refractivity contribution in [1.82, 2.24) is 0 Å². The van der Waals surface area contributed by atoms with Crippen LogP contribution in [0.15, 0.2) is 40.1 Å². The Kier molecular flexibility index (Phi) is 4.71. The third kappa shape index (κ3) is 4.11. The SMILES string of the molecule is Nc1c(F)cc(Sc2cc(C(F)(F)F)cc(C(F)(F)F)c2)cc1F. The maximum atomic E-state index is 13.3. The van der Waals surface area contributed by atoms with E-state index in [9.17, 15) is 35.1 Å². The zero-order valence-corrected chi connectivity index (χ0v) is 12.2. The van der Waals surface area contributed by atoms with E-state index in [2.05, 4.69) is 0 Å². The van der Waals surface area contributed by atoms with Crippen LogP contribution in [-0.2, 0) is 12.4 Å². The van der Waals surface area contributed by atoms with Gasteiger partial charge in [-0.3, -0.25) is 0 Å². The molecule has 0 aliphatic heterocycles. The van der Waals surface area contributed by atoms with Crippen LogP contribution in [0.1, 0.15) is 11.1 Å². The van der Waals surface area contributed by atoms with E-state index < -0.39 is 45.7 Å². The fourth-order valence-corrected chi connectivity index (χ4v) is 2.71. The third-order valence-corrected chi connectivity index (χ3v) is 3.79. The maximum Gasteiger partial charge on any atom is 0.416 e. The molecule has 1 nitrogen and oxygen atoms in total. The maximum absolute atomic E-state index is 13.3. The summed E-state index contributed by atoms with van der Waals surface area (Å²) in [6.07, 6.45) is -10.0. The van der Waals surface area contributed by atoms with Gasteiger partial charge in [-0.1, -0.05) is 11.8 Å². The molecule has 0 spiro atoms. The van der Waals surface area contributed by atoms with Gasteiger partial charge in [0.05, 0.1) is 11.1 Å². The zero-order valence-electron chi connectivity index (χ0n) is 11.4. The first-order valence-corrected chi connectivity index (χ1v) is 6.91. The molecule has 2 N–H and O–H groups in total. The van der Waals surface area contributed by atoms with E-state index in [0.717, 1.165) is 12.1 Å². The minimum Gasteiger partial charge on any atom is -0.394 e. The first-order chi connectivity index (χ1) is 10.9. The van der Waals surface area contributed by atoms with Crippen LogP contribution in [0.3, 0.4) is 0 Å². The van der Waals surface area contributed by atoms with E-state index in [1.807, 2.05) is 0 Å². The number of nitrogens with two attached hydrogens (primary N) is 1. The molecule has 0 heterocycles. The standard InChI is InChI=1S/C14H7F8NS/c15-10-4-9(5-11(16)12(10)23)24-8-2-6(13(17,18)19)1-7(3-8)14(20,21)22/h1-5H,23H2. The van der Waals surface area contributed by atoms with E-state index in [1.54, 1.807) is 0 Å². The third-order valence-electron chi connectivity index (χ3n) is 2.85. The molecule has 2 aromatic rings. The molecule has 0 saturated carbocycles. The van der Waals surface area contributed by atoms with E-state index in [-0.39, 0.29) is 11.0 Å². The van der Waals surface area contributed by atoms with Gasteiger partial charge in [0.25, 0.3) is 0 Å². The summed E-state index contributed by atoms with van der Waals surface area (Å²) in [7, 11) is 0. The number of benzene rings is 2. The number of hydrogen-bond acceptors (Lipinski definition) is 2. The van der Waals surface area contributed by atoms with E-state index in [0.29, 0.717) is 23.9 Å². The Morgan fingerprint density at radius 1 is 0.667 bits per heavy atom. The fourth-order valence-electron chi connectivity index (χ4n) is 1.74. The number of anilines is 1. The average Bonchev–Trinajstić information content (AvgIpc) is 2.42. The molecule has 0 radical (unpaired) electrons. The molecule has 0 fully saturated rings. The molecule has 2 aromatic carbocycles. The molecule has 130 valence electrons. The highest BCUT2D eigenvalue weighted by Crippen LogP contribution is 2.40. The van der Waals surface area contributed by atoms with Crippen LogP contribution in [-0.4, -0.2) is 0 Å². The lowest BCUT2D eigenvalue weighted by Gasteiger charge is -2.14. The predicted octanol–water partition coefficient (Wildman–Crippen LogP) is 5.74. The molecule has 0 amide bonds. The second-order valence-electron chi connectivity index (χ2n) is 4.64. The topological polar surface area (TPSA) is 26.0 Å². The first kappa shape index (κ1) is 18.4. The summed E-state index contributed by atoms with van der Waals surface area (Å²) < 4.78 is 103. The lowest BCUT2D eigenvalue weighted by Crippen LogP contribution is -2.10. The Balaban J connectivity index is 2.50. The van der Waals surface area contributed by atoms with Gasteiger partial charge >= 0.3 is 12.4 Å². The van der Waals surface area contributed by atoms with Crippen LogP contribution in [0, 0.1) is 11.6 Å². The van der Waals surface area contributed by atoms with Gasteiger partial charge in [0.15, 0.2) is 0 Å². The molecule has 0 aliphatic carbocycles. The minimum absolute atomic E-state index is 0.0335. The number of nitrogen functional groups attached to an aromatic ring is 1. The van der Waals surface area contributed by atoms with Crippen LogP contribution >= 0.6 is 11.8 Å². The Morgan fingerprint density at radius 2 is 1.04 bits per heavy atom. The van der Waals surface area contributed by atoms with Crippen molar-refractivity contribution >= 4 is 17.4 Å². The normalized spacial score (nSPS) is 12.5. The Morgan fingerprint density at radius 3 is 1.42 bits per heavy atom. The Labute approximate surface area is 134 Å². The van der Waals surface area contributed by atoms with Crippen LogP contribution in [0.5, 0.6) is 0 Å². The molecule has 24 heavy (non-hydrogen) atoms. The molecule has 0 unspecified atom stereocenters. The monoisotopic (exact) mass is 373 g/mol. The summed E-state index contributed by atoms with van der Waals surface area (Å²) in [5, 5.41) is 0. The Bertz CT molecular complexity index is 711. The van der Waals surface area contributed by atoms with Crippen LogP contribution in [0.25, 0.3) is 0 Å². The summed E-state index contributed by atoms with van der Waals surface area (Å²) in [4.78, 5) is -0.702. The van der Waals surface area contributed by atoms with E-state index in [1.165, 1.54) is 0 Å². The van der Waals surface area contributed by atoms with Gasteiger partial charge in [0, 0.05) is 9.79 Å². The summed E-state index contributed by atoms with van der Waals surface area (Å²) >= 11 is 0.350. The molecular formula is C14H7F8NS. The molecule has 0 aliphatic rings. The smallest absolute Gasteiger partial charge is 0.394 e. The molecule has 0 atom stereocenters. The zero-order chi connectivity index (χ0) is 18.3. The van der Waals surface area contributed by atoms with E-state index >= 15 is 0 Å². The van der Waals surface area contributed by atoms with Crippen molar-refractivity contribution < 1.29 is 35.1 Å². The van der Waals surface area contributed by atoms with Crippen LogP contribution in [0.4, 0.5) is 40.8 Å². The van der Waals surface area contributed by atoms with Crippen molar-refractivity contribution in [3.05, 3.63) is 53.1 Å². The van der Waals surface area contributed by atoms with Gasteiger partial charge in [-0.2, -0.15) is 26.3 Å². The van der Waals surface area contributed by atoms with Gasteiger partial charge in [0.2, 0.25) is 0 Å². The van der Waals surface area contributed by atoms with Gasteiger partial charge in [0.1, 0.15) is 17.3 Å². The summed E-state index contributed by atoms with van der Waals surface area (Å²) in [5.74, 6) is -2.33. The van der Waals surface area contributed by atoms with Gasteiger partial charge in [-0.15, -0.1) is 0 Å². The second-order valence-corrected chi connectivity index (χ2v) is 5.79. The molecule has 2 rings (SSSR count). The average molecular weight is 373 g/mol. The number of alkyl halides is 6. The number of halogens is 8. The van der Waals surface area contributed by atoms with Crippen molar-refractivity contribution in [2.75, 3.05) is 5.73 Å². The molecule has 0 aromatic heterocycles. The summed E-state index contributed by atoms with van der Waals surface area (Å²) in [6, 6.07) is 2.33. The van der Waals surface area contributed by atoms with Crippen molar-refractivity contribution in [1.29, 1.82) is 0 Å². The first-order valence-electron chi connectivity index (χ1n) is 6.10. The van der Waals surface area contributed by atoms with Gasteiger partial charge in [-0.05, 0) is 30.3 Å². The van der Waals surface area contributed by atoms with Crippen molar-refractivity contribution in [3.8, 4) is 0 Å². The lowest BCUT2D eigenvalue weighted by atomic mass is 10.1. The largest absolute Gasteiger partial charge is 0.416 e. The lowest BCUT2D eigenvalue weighted by molar-refractivity contribution is -0.143. The molecule has 0 saturated heterocycles. The van der Waals surface area contributed by atoms with Crippen molar-refractivity contribution in [3.63, 3.8) is 0 Å². The van der Waals surface area contributed by atoms with Gasteiger partial charge < -0.3 is 5.73 Å². The van der Waals surface area contributed by atoms with Crippen molar-refractivity contribution in [2.45, 2.75) is 22.1 Å². The molecule has 10 heteroatoms. The second kappa shape index (κ2) is 6.15. The predicted molar refractivity (Wildman–Crippen MR) is 71.3 cm³/mol. The number of rotatable bonds is 2. The minimum atomic E-state index is -5.01. The highest BCUT2D eigenvalue weighted by atomic mass is 32.2. The highest BCUT2D eigenvalue weighted by Gasteiger charge is 2.37. The van der Waals surface area contributed by atoms with Crippen LogP contribution < -0.4 is 5.73 Å². The summed E-state index contributed by atoms with van der Waals surface area (Å²) in [6.45, 7) is 0. The number of hydrogen-bond donors (Lipinski definition) is 1. The fraction of sp³-hybridized carbons (Fsp3) is 0.143. The van der Waals surface area contributed by atoms with Gasteiger partial charge in [-0.25, -0.2) is 8.78 Å². The Hall–Kier alpha value is -1.97. The molecule has 0 bridgehead atoms. The van der Waals surface area contributed by atoms with E-state index in [4.69, 9.17) is 5.73 Å².